The van der Waals surface area contributed by atoms with Gasteiger partial charge in [0.25, 0.3) is 0 Å². The van der Waals surface area contributed by atoms with Crippen LogP contribution in [-0.2, 0) is 17.7 Å². The topological polar surface area (TPSA) is 57.3 Å². The highest BCUT2D eigenvalue weighted by molar-refractivity contribution is 5.85. The quantitative estimate of drug-likeness (QED) is 0.767. The standard InChI is InChI=1S/C19H20FN5O/c20-13-1-2-16-14(11-13)15-12-25(6-5-17(15)21-16)19-4-3-18(22-23-19)24-7-9-26-10-8-24/h1-4,11,21H,5-10,12H2. The zero-order valence-electron chi connectivity index (χ0n) is 14.4. The number of aromatic nitrogens is 3. The van der Waals surface area contributed by atoms with E-state index in [0.29, 0.717) is 6.54 Å². The molecule has 0 aliphatic carbocycles. The average molecular weight is 353 g/mol. The molecule has 3 aromatic rings. The van der Waals surface area contributed by atoms with E-state index in [1.165, 1.54) is 11.8 Å². The molecule has 1 saturated heterocycles. The number of ether oxygens (including phenoxy) is 1. The summed E-state index contributed by atoms with van der Waals surface area (Å²) in [6.45, 7) is 4.74. The van der Waals surface area contributed by atoms with Crippen LogP contribution >= 0.6 is 0 Å². The summed E-state index contributed by atoms with van der Waals surface area (Å²) in [4.78, 5) is 7.82. The van der Waals surface area contributed by atoms with Gasteiger partial charge in [-0.1, -0.05) is 0 Å². The van der Waals surface area contributed by atoms with Crippen molar-refractivity contribution in [1.29, 1.82) is 0 Å². The normalized spacial score (nSPS) is 17.6. The Bertz CT molecular complexity index is 933. The molecular weight excluding hydrogens is 333 g/mol. The molecule has 1 fully saturated rings. The average Bonchev–Trinajstić information content (AvgIpc) is 3.06. The van der Waals surface area contributed by atoms with Crippen molar-refractivity contribution in [3.05, 3.63) is 47.4 Å². The second-order valence-corrected chi connectivity index (χ2v) is 6.79. The van der Waals surface area contributed by atoms with Gasteiger partial charge in [-0.2, -0.15) is 0 Å². The molecule has 5 rings (SSSR count). The number of hydrogen-bond acceptors (Lipinski definition) is 5. The molecule has 6 nitrogen and oxygen atoms in total. The molecule has 7 heteroatoms. The molecule has 0 amide bonds. The SMILES string of the molecule is Fc1ccc2[nH]c3c(c2c1)CN(c1ccc(N2CCOCC2)nn1)CC3. The van der Waals surface area contributed by atoms with Gasteiger partial charge in [-0.15, -0.1) is 10.2 Å². The van der Waals surface area contributed by atoms with Crippen molar-refractivity contribution in [2.75, 3.05) is 42.6 Å². The summed E-state index contributed by atoms with van der Waals surface area (Å²) in [7, 11) is 0. The monoisotopic (exact) mass is 353 g/mol. The third kappa shape index (κ3) is 2.68. The number of anilines is 2. The molecule has 1 N–H and O–H groups in total. The van der Waals surface area contributed by atoms with Crippen LogP contribution < -0.4 is 9.80 Å². The van der Waals surface area contributed by atoms with E-state index in [-0.39, 0.29) is 5.82 Å². The van der Waals surface area contributed by atoms with Crippen LogP contribution in [0.2, 0.25) is 0 Å². The summed E-state index contributed by atoms with van der Waals surface area (Å²) in [5, 5.41) is 9.81. The fraction of sp³-hybridized carbons (Fsp3) is 0.368. The predicted octanol–water partition coefficient (Wildman–Crippen LogP) is 2.50. The van der Waals surface area contributed by atoms with Crippen molar-refractivity contribution < 1.29 is 9.13 Å². The second kappa shape index (κ2) is 6.25. The van der Waals surface area contributed by atoms with Crippen LogP contribution in [0.15, 0.2) is 30.3 Å². The van der Waals surface area contributed by atoms with E-state index in [0.717, 1.165) is 67.4 Å². The van der Waals surface area contributed by atoms with Gasteiger partial charge < -0.3 is 19.5 Å². The lowest BCUT2D eigenvalue weighted by molar-refractivity contribution is 0.122. The number of aromatic amines is 1. The highest BCUT2D eigenvalue weighted by Gasteiger charge is 2.22. The van der Waals surface area contributed by atoms with Crippen LogP contribution in [0.3, 0.4) is 0 Å². The summed E-state index contributed by atoms with van der Waals surface area (Å²) in [5.41, 5.74) is 3.34. The lowest BCUT2D eigenvalue weighted by atomic mass is 10.0. The maximum Gasteiger partial charge on any atom is 0.151 e. The Hall–Kier alpha value is -2.67. The molecule has 0 unspecified atom stereocenters. The maximum atomic E-state index is 13.7. The molecule has 26 heavy (non-hydrogen) atoms. The second-order valence-electron chi connectivity index (χ2n) is 6.79. The number of fused-ring (bicyclic) bond motifs is 3. The molecule has 0 saturated carbocycles. The molecular formula is C19H20FN5O. The van der Waals surface area contributed by atoms with Gasteiger partial charge in [0.2, 0.25) is 0 Å². The molecule has 134 valence electrons. The minimum atomic E-state index is -0.203. The van der Waals surface area contributed by atoms with Crippen molar-refractivity contribution in [2.45, 2.75) is 13.0 Å². The van der Waals surface area contributed by atoms with Crippen molar-refractivity contribution in [3.8, 4) is 0 Å². The Labute approximate surface area is 150 Å². The van der Waals surface area contributed by atoms with E-state index >= 15 is 0 Å². The Balaban J connectivity index is 1.40. The van der Waals surface area contributed by atoms with Crippen LogP contribution in [0.1, 0.15) is 11.3 Å². The molecule has 2 aliphatic rings. The molecule has 0 spiro atoms. The van der Waals surface area contributed by atoms with Crippen molar-refractivity contribution >= 4 is 22.5 Å². The number of nitrogens with zero attached hydrogens (tertiary/aromatic N) is 4. The van der Waals surface area contributed by atoms with E-state index < -0.39 is 0 Å². The summed E-state index contributed by atoms with van der Waals surface area (Å²) >= 11 is 0. The minimum absolute atomic E-state index is 0.203. The highest BCUT2D eigenvalue weighted by Crippen LogP contribution is 2.30. The molecule has 0 atom stereocenters. The number of H-pyrrole nitrogens is 1. The Kier molecular flexibility index (Phi) is 3.74. The van der Waals surface area contributed by atoms with Gasteiger partial charge in [0.1, 0.15) is 5.82 Å². The van der Waals surface area contributed by atoms with Gasteiger partial charge in [0.05, 0.1) is 13.2 Å². The van der Waals surface area contributed by atoms with Crippen LogP contribution in [0.25, 0.3) is 10.9 Å². The Morgan fingerprint density at radius 2 is 1.73 bits per heavy atom. The third-order valence-corrected chi connectivity index (χ3v) is 5.23. The van der Waals surface area contributed by atoms with Crippen LogP contribution in [0.5, 0.6) is 0 Å². The molecule has 0 radical (unpaired) electrons. The lowest BCUT2D eigenvalue weighted by Gasteiger charge is -2.29. The lowest BCUT2D eigenvalue weighted by Crippen LogP contribution is -2.37. The van der Waals surface area contributed by atoms with Gasteiger partial charge >= 0.3 is 0 Å². The predicted molar refractivity (Wildman–Crippen MR) is 98.1 cm³/mol. The van der Waals surface area contributed by atoms with Crippen molar-refractivity contribution in [3.63, 3.8) is 0 Å². The summed E-state index contributed by atoms with van der Waals surface area (Å²) in [6, 6.07) is 8.97. The van der Waals surface area contributed by atoms with Gasteiger partial charge in [-0.25, -0.2) is 4.39 Å². The number of hydrogen-bond donors (Lipinski definition) is 1. The Morgan fingerprint density at radius 1 is 0.962 bits per heavy atom. The summed E-state index contributed by atoms with van der Waals surface area (Å²) in [5.74, 6) is 1.55. The van der Waals surface area contributed by atoms with Gasteiger partial charge in [-0.05, 0) is 30.3 Å². The zero-order valence-corrected chi connectivity index (χ0v) is 14.4. The smallest absolute Gasteiger partial charge is 0.151 e. The number of rotatable bonds is 2. The third-order valence-electron chi connectivity index (χ3n) is 5.23. The van der Waals surface area contributed by atoms with E-state index in [1.54, 1.807) is 6.07 Å². The zero-order chi connectivity index (χ0) is 17.5. The minimum Gasteiger partial charge on any atom is -0.378 e. The first-order valence-electron chi connectivity index (χ1n) is 8.98. The fourth-order valence-electron chi connectivity index (χ4n) is 3.83. The van der Waals surface area contributed by atoms with E-state index in [9.17, 15) is 4.39 Å². The van der Waals surface area contributed by atoms with E-state index in [1.807, 2.05) is 18.2 Å². The van der Waals surface area contributed by atoms with Gasteiger partial charge in [0.15, 0.2) is 11.6 Å². The van der Waals surface area contributed by atoms with Crippen LogP contribution in [0, 0.1) is 5.82 Å². The molecule has 4 heterocycles. The highest BCUT2D eigenvalue weighted by atomic mass is 19.1. The van der Waals surface area contributed by atoms with Gasteiger partial charge in [-0.3, -0.25) is 0 Å². The first kappa shape index (κ1) is 15.6. The number of morpholine rings is 1. The largest absolute Gasteiger partial charge is 0.378 e. The fourth-order valence-corrected chi connectivity index (χ4v) is 3.83. The molecule has 2 aromatic heterocycles. The maximum absolute atomic E-state index is 13.7. The molecule has 2 aliphatic heterocycles. The van der Waals surface area contributed by atoms with Crippen molar-refractivity contribution in [1.82, 2.24) is 15.2 Å². The number of halogens is 1. The van der Waals surface area contributed by atoms with Crippen molar-refractivity contribution in [2.24, 2.45) is 0 Å². The first-order valence-corrected chi connectivity index (χ1v) is 8.98. The van der Waals surface area contributed by atoms with Crippen LogP contribution in [0.4, 0.5) is 16.0 Å². The number of benzene rings is 1. The first-order chi connectivity index (χ1) is 12.8. The van der Waals surface area contributed by atoms with E-state index in [2.05, 4.69) is 25.0 Å². The number of nitrogens with one attached hydrogen (secondary N) is 1. The van der Waals surface area contributed by atoms with Gasteiger partial charge in [0, 0.05) is 54.8 Å². The van der Waals surface area contributed by atoms with Crippen LogP contribution in [-0.4, -0.2) is 48.0 Å². The van der Waals surface area contributed by atoms with E-state index in [4.69, 9.17) is 4.74 Å². The molecule has 1 aromatic carbocycles. The summed E-state index contributed by atoms with van der Waals surface area (Å²) < 4.78 is 19.0. The summed E-state index contributed by atoms with van der Waals surface area (Å²) in [6.07, 6.45) is 0.887. The molecule has 0 bridgehead atoms. The Morgan fingerprint density at radius 3 is 2.50 bits per heavy atom.